The Labute approximate surface area is 106 Å². The van der Waals surface area contributed by atoms with Crippen molar-refractivity contribution in [1.82, 2.24) is 20.0 Å². The van der Waals surface area contributed by atoms with Crippen LogP contribution in [0.15, 0.2) is 18.2 Å². The Hall–Kier alpha value is -1.88. The van der Waals surface area contributed by atoms with Crippen molar-refractivity contribution in [3.63, 3.8) is 0 Å². The molecule has 0 fully saturated rings. The standard InChI is InChI=1S/C13H18N4O/c1-9-14-11-7-10(5-6-12(11)17(9)4)8-13(18)15-16(2)3/h5-7H,8H2,1-4H3,(H,15,18). The van der Waals surface area contributed by atoms with Gasteiger partial charge in [-0.25, -0.2) is 9.99 Å². The third-order valence-corrected chi connectivity index (χ3v) is 2.88. The zero-order valence-corrected chi connectivity index (χ0v) is 11.2. The van der Waals surface area contributed by atoms with Gasteiger partial charge in [0.15, 0.2) is 0 Å². The molecule has 0 saturated carbocycles. The number of nitrogens with zero attached hydrogens (tertiary/aromatic N) is 3. The molecule has 1 heterocycles. The minimum atomic E-state index is -0.0213. The maximum absolute atomic E-state index is 11.7. The van der Waals surface area contributed by atoms with Crippen LogP contribution >= 0.6 is 0 Å². The predicted octanol–water partition coefficient (Wildman–Crippen LogP) is 1.02. The second-order valence-corrected chi connectivity index (χ2v) is 4.65. The van der Waals surface area contributed by atoms with Gasteiger partial charge in [0.25, 0.3) is 0 Å². The first-order chi connectivity index (χ1) is 8.47. The third kappa shape index (κ3) is 2.51. The first-order valence-electron chi connectivity index (χ1n) is 5.86. The van der Waals surface area contributed by atoms with Crippen LogP contribution in [0.3, 0.4) is 0 Å². The zero-order chi connectivity index (χ0) is 13.3. The van der Waals surface area contributed by atoms with Gasteiger partial charge in [-0.05, 0) is 24.6 Å². The van der Waals surface area contributed by atoms with Crippen molar-refractivity contribution in [3.8, 4) is 0 Å². The van der Waals surface area contributed by atoms with Gasteiger partial charge in [0, 0.05) is 21.1 Å². The van der Waals surface area contributed by atoms with Crippen molar-refractivity contribution in [3.05, 3.63) is 29.6 Å². The van der Waals surface area contributed by atoms with Crippen molar-refractivity contribution in [2.75, 3.05) is 14.1 Å². The fraction of sp³-hybridized carbons (Fsp3) is 0.385. The lowest BCUT2D eigenvalue weighted by Gasteiger charge is -2.11. The molecule has 1 aromatic carbocycles. The van der Waals surface area contributed by atoms with Crippen LogP contribution in [0.25, 0.3) is 11.0 Å². The molecule has 0 spiro atoms. The Bertz CT molecular complexity index is 586. The van der Waals surface area contributed by atoms with E-state index < -0.39 is 0 Å². The number of carbonyl (C=O) groups excluding carboxylic acids is 1. The first-order valence-corrected chi connectivity index (χ1v) is 5.86. The molecule has 1 aromatic heterocycles. The number of aryl methyl sites for hydroxylation is 2. The highest BCUT2D eigenvalue weighted by molar-refractivity contribution is 5.81. The molecule has 0 radical (unpaired) electrons. The second-order valence-electron chi connectivity index (χ2n) is 4.65. The van der Waals surface area contributed by atoms with E-state index in [1.165, 1.54) is 0 Å². The molecule has 0 unspecified atom stereocenters. The van der Waals surface area contributed by atoms with Gasteiger partial charge in [-0.2, -0.15) is 0 Å². The monoisotopic (exact) mass is 246 g/mol. The number of hydrazine groups is 1. The molecular formula is C13H18N4O. The fourth-order valence-electron chi connectivity index (χ4n) is 1.95. The zero-order valence-electron chi connectivity index (χ0n) is 11.2. The molecule has 2 aromatic rings. The number of carbonyl (C=O) groups is 1. The SMILES string of the molecule is Cc1nc2cc(CC(=O)NN(C)C)ccc2n1C. The lowest BCUT2D eigenvalue weighted by molar-refractivity contribution is -0.124. The van der Waals surface area contributed by atoms with Crippen molar-refractivity contribution < 1.29 is 4.79 Å². The molecule has 2 rings (SSSR count). The van der Waals surface area contributed by atoms with Gasteiger partial charge in [0.1, 0.15) is 5.82 Å². The molecule has 1 amide bonds. The van der Waals surface area contributed by atoms with Gasteiger partial charge in [-0.15, -0.1) is 0 Å². The van der Waals surface area contributed by atoms with Crippen LogP contribution in [0.1, 0.15) is 11.4 Å². The summed E-state index contributed by atoms with van der Waals surface area (Å²) in [6.45, 7) is 1.97. The van der Waals surface area contributed by atoms with E-state index in [2.05, 4.69) is 10.4 Å². The molecule has 1 N–H and O–H groups in total. The van der Waals surface area contributed by atoms with E-state index >= 15 is 0 Å². The van der Waals surface area contributed by atoms with Crippen molar-refractivity contribution in [2.24, 2.45) is 7.05 Å². The molecule has 5 heteroatoms. The van der Waals surface area contributed by atoms with Gasteiger partial charge in [0.05, 0.1) is 17.5 Å². The van der Waals surface area contributed by atoms with Gasteiger partial charge in [0.2, 0.25) is 5.91 Å². The summed E-state index contributed by atoms with van der Waals surface area (Å²) in [7, 11) is 5.58. The molecule has 18 heavy (non-hydrogen) atoms. The largest absolute Gasteiger partial charge is 0.331 e. The van der Waals surface area contributed by atoms with Gasteiger partial charge < -0.3 is 4.57 Å². The quantitative estimate of drug-likeness (QED) is 0.823. The normalized spacial score (nSPS) is 11.2. The average molecular weight is 246 g/mol. The Kier molecular flexibility index (Phi) is 3.34. The number of imidazole rings is 1. The summed E-state index contributed by atoms with van der Waals surface area (Å²) < 4.78 is 2.04. The summed E-state index contributed by atoms with van der Waals surface area (Å²) in [5.74, 6) is 0.951. The van der Waals surface area contributed by atoms with Crippen LogP contribution < -0.4 is 5.43 Å². The third-order valence-electron chi connectivity index (χ3n) is 2.88. The smallest absolute Gasteiger partial charge is 0.238 e. The first kappa shape index (κ1) is 12.6. The van der Waals surface area contributed by atoms with Crippen LogP contribution in [-0.4, -0.2) is 34.6 Å². The predicted molar refractivity (Wildman–Crippen MR) is 71.0 cm³/mol. The summed E-state index contributed by atoms with van der Waals surface area (Å²) in [6, 6.07) is 5.95. The molecule has 0 aliphatic heterocycles. The number of fused-ring (bicyclic) bond motifs is 1. The maximum Gasteiger partial charge on any atom is 0.238 e. The van der Waals surface area contributed by atoms with Crippen LogP contribution in [-0.2, 0) is 18.3 Å². The summed E-state index contributed by atoms with van der Waals surface area (Å²) in [5.41, 5.74) is 5.72. The molecule has 0 bridgehead atoms. The molecule has 0 saturated heterocycles. The van der Waals surface area contributed by atoms with Crippen LogP contribution in [0.5, 0.6) is 0 Å². The highest BCUT2D eigenvalue weighted by atomic mass is 16.2. The number of benzene rings is 1. The number of hydrogen-bond acceptors (Lipinski definition) is 3. The molecule has 0 atom stereocenters. The fourth-order valence-corrected chi connectivity index (χ4v) is 1.95. The summed E-state index contributed by atoms with van der Waals surface area (Å²) >= 11 is 0. The van der Waals surface area contributed by atoms with Crippen molar-refractivity contribution in [2.45, 2.75) is 13.3 Å². The number of amides is 1. The topological polar surface area (TPSA) is 50.2 Å². The highest BCUT2D eigenvalue weighted by Crippen LogP contribution is 2.16. The van der Waals surface area contributed by atoms with E-state index in [1.54, 1.807) is 19.1 Å². The second kappa shape index (κ2) is 4.78. The minimum Gasteiger partial charge on any atom is -0.331 e. The van der Waals surface area contributed by atoms with E-state index in [4.69, 9.17) is 0 Å². The number of rotatable bonds is 3. The van der Waals surface area contributed by atoms with E-state index in [-0.39, 0.29) is 5.91 Å². The molecule has 0 aliphatic rings. The van der Waals surface area contributed by atoms with Gasteiger partial charge in [-0.3, -0.25) is 10.2 Å². The lowest BCUT2D eigenvalue weighted by Crippen LogP contribution is -2.37. The Morgan fingerprint density at radius 3 is 2.83 bits per heavy atom. The number of hydrogen-bond donors (Lipinski definition) is 1. The average Bonchev–Trinajstić information content (AvgIpc) is 2.53. The van der Waals surface area contributed by atoms with E-state index in [1.807, 2.05) is 36.7 Å². The van der Waals surface area contributed by atoms with Gasteiger partial charge >= 0.3 is 0 Å². The highest BCUT2D eigenvalue weighted by Gasteiger charge is 2.08. The summed E-state index contributed by atoms with van der Waals surface area (Å²) in [4.78, 5) is 16.1. The van der Waals surface area contributed by atoms with E-state index in [0.717, 1.165) is 22.4 Å². The molecular weight excluding hydrogens is 228 g/mol. The maximum atomic E-state index is 11.7. The van der Waals surface area contributed by atoms with E-state index in [9.17, 15) is 4.79 Å². The van der Waals surface area contributed by atoms with Crippen molar-refractivity contribution >= 4 is 16.9 Å². The molecule has 0 aliphatic carbocycles. The van der Waals surface area contributed by atoms with Crippen LogP contribution in [0, 0.1) is 6.92 Å². The Morgan fingerprint density at radius 1 is 1.44 bits per heavy atom. The summed E-state index contributed by atoms with van der Waals surface area (Å²) in [5, 5.41) is 1.64. The van der Waals surface area contributed by atoms with E-state index in [0.29, 0.717) is 6.42 Å². The molecule has 96 valence electrons. The minimum absolute atomic E-state index is 0.0213. The number of nitrogens with one attached hydrogen (secondary N) is 1. The lowest BCUT2D eigenvalue weighted by atomic mass is 10.1. The van der Waals surface area contributed by atoms with Crippen LogP contribution in [0.2, 0.25) is 0 Å². The Morgan fingerprint density at radius 2 is 2.17 bits per heavy atom. The van der Waals surface area contributed by atoms with Crippen molar-refractivity contribution in [1.29, 1.82) is 0 Å². The summed E-state index contributed by atoms with van der Waals surface area (Å²) in [6.07, 6.45) is 0.365. The van der Waals surface area contributed by atoms with Gasteiger partial charge in [-0.1, -0.05) is 6.07 Å². The number of aromatic nitrogens is 2. The molecule has 5 nitrogen and oxygen atoms in total. The van der Waals surface area contributed by atoms with Crippen LogP contribution in [0.4, 0.5) is 0 Å². The Balaban J connectivity index is 2.23.